The van der Waals surface area contributed by atoms with E-state index in [0.717, 1.165) is 29.5 Å². The van der Waals surface area contributed by atoms with E-state index in [2.05, 4.69) is 0 Å². The highest BCUT2D eigenvalue weighted by atomic mass is 32.2. The fourth-order valence-electron chi connectivity index (χ4n) is 4.46. The van der Waals surface area contributed by atoms with Crippen LogP contribution in [0.4, 0.5) is 0 Å². The highest BCUT2D eigenvalue weighted by Crippen LogP contribution is 2.33. The number of carbonyl (C=O) groups excluding carboxylic acids is 1. The zero-order valence-electron chi connectivity index (χ0n) is 20.3. The highest BCUT2D eigenvalue weighted by molar-refractivity contribution is 7.89. The summed E-state index contributed by atoms with van der Waals surface area (Å²) in [6, 6.07) is 24.4. The normalized spacial score (nSPS) is 17.1. The molecule has 1 fully saturated rings. The number of rotatable bonds is 7. The Bertz CT molecular complexity index is 1290. The van der Waals surface area contributed by atoms with E-state index in [1.54, 1.807) is 42.4 Å². The van der Waals surface area contributed by atoms with Crippen LogP contribution in [0.15, 0.2) is 83.8 Å². The van der Waals surface area contributed by atoms with Gasteiger partial charge in [0.25, 0.3) is 0 Å². The van der Waals surface area contributed by atoms with E-state index in [1.807, 2.05) is 54.6 Å². The molecule has 0 aromatic heterocycles. The number of hydrogen-bond donors (Lipinski definition) is 0. The molecule has 4 rings (SSSR count). The fraction of sp³-hybridized carbons (Fsp3) is 0.321. The molecule has 0 saturated carbocycles. The van der Waals surface area contributed by atoms with Crippen molar-refractivity contribution in [2.24, 2.45) is 0 Å². The van der Waals surface area contributed by atoms with Crippen LogP contribution in [0.2, 0.25) is 0 Å². The minimum absolute atomic E-state index is 0.0284. The number of esters is 1. The predicted molar refractivity (Wildman–Crippen MR) is 136 cm³/mol. The maximum atomic E-state index is 13.6. The SMILES string of the molecule is COC(=O)C(C)(C)Oc1cccc(C2CCCN(S(=O)(=O)c3cccc(-c4ccccc4)c3)C2)c1. The molecule has 0 aliphatic carbocycles. The Balaban J connectivity index is 1.54. The van der Waals surface area contributed by atoms with Gasteiger partial charge in [0.15, 0.2) is 5.60 Å². The van der Waals surface area contributed by atoms with E-state index in [4.69, 9.17) is 9.47 Å². The van der Waals surface area contributed by atoms with Crippen LogP contribution in [0.25, 0.3) is 11.1 Å². The summed E-state index contributed by atoms with van der Waals surface area (Å²) in [6.45, 7) is 4.19. The first-order chi connectivity index (χ1) is 16.7. The van der Waals surface area contributed by atoms with Crippen molar-refractivity contribution in [2.45, 2.75) is 43.1 Å². The summed E-state index contributed by atoms with van der Waals surface area (Å²) in [5, 5.41) is 0. The number of ether oxygens (including phenoxy) is 2. The minimum atomic E-state index is -3.65. The Labute approximate surface area is 207 Å². The largest absolute Gasteiger partial charge is 0.476 e. The first-order valence-corrected chi connectivity index (χ1v) is 13.2. The van der Waals surface area contributed by atoms with Crippen LogP contribution in [0.1, 0.15) is 38.2 Å². The van der Waals surface area contributed by atoms with Crippen molar-refractivity contribution < 1.29 is 22.7 Å². The number of sulfonamides is 1. The van der Waals surface area contributed by atoms with Crippen molar-refractivity contribution in [3.8, 4) is 16.9 Å². The highest BCUT2D eigenvalue weighted by Gasteiger charge is 2.33. The van der Waals surface area contributed by atoms with Gasteiger partial charge in [-0.3, -0.25) is 0 Å². The van der Waals surface area contributed by atoms with Gasteiger partial charge in [-0.1, -0.05) is 54.6 Å². The second-order valence-corrected chi connectivity index (χ2v) is 11.2. The summed E-state index contributed by atoms with van der Waals surface area (Å²) in [7, 11) is -2.32. The molecule has 1 unspecified atom stereocenters. The molecule has 1 aliphatic heterocycles. The van der Waals surface area contributed by atoms with Gasteiger partial charge >= 0.3 is 5.97 Å². The monoisotopic (exact) mass is 493 g/mol. The smallest absolute Gasteiger partial charge is 0.349 e. The molecule has 0 bridgehead atoms. The molecule has 3 aromatic rings. The maximum absolute atomic E-state index is 13.6. The number of piperidine rings is 1. The molecule has 1 heterocycles. The van der Waals surface area contributed by atoms with E-state index in [9.17, 15) is 13.2 Å². The maximum Gasteiger partial charge on any atom is 0.349 e. The summed E-state index contributed by atoms with van der Waals surface area (Å²) < 4.78 is 39.4. The number of hydrogen-bond acceptors (Lipinski definition) is 5. The topological polar surface area (TPSA) is 72.9 Å². The molecule has 0 radical (unpaired) electrons. The molecule has 0 N–H and O–H groups in total. The van der Waals surface area contributed by atoms with Crippen molar-refractivity contribution >= 4 is 16.0 Å². The van der Waals surface area contributed by atoms with Crippen LogP contribution < -0.4 is 4.74 Å². The fourth-order valence-corrected chi connectivity index (χ4v) is 6.03. The second-order valence-electron chi connectivity index (χ2n) is 9.27. The molecule has 6 nitrogen and oxygen atoms in total. The van der Waals surface area contributed by atoms with Crippen molar-refractivity contribution in [3.05, 3.63) is 84.4 Å². The number of benzene rings is 3. The summed E-state index contributed by atoms with van der Waals surface area (Å²) >= 11 is 0. The van der Waals surface area contributed by atoms with Crippen LogP contribution in [-0.2, 0) is 19.6 Å². The van der Waals surface area contributed by atoms with Crippen LogP contribution >= 0.6 is 0 Å². The van der Waals surface area contributed by atoms with Crippen LogP contribution in [-0.4, -0.2) is 44.5 Å². The molecule has 1 atom stereocenters. The van der Waals surface area contributed by atoms with E-state index in [0.29, 0.717) is 23.7 Å². The first kappa shape index (κ1) is 24.9. The Hall–Kier alpha value is -3.16. The lowest BCUT2D eigenvalue weighted by atomic mass is 9.91. The third-order valence-electron chi connectivity index (χ3n) is 6.34. The van der Waals surface area contributed by atoms with Gasteiger partial charge < -0.3 is 9.47 Å². The van der Waals surface area contributed by atoms with E-state index < -0.39 is 21.6 Å². The van der Waals surface area contributed by atoms with Gasteiger partial charge in [-0.25, -0.2) is 13.2 Å². The van der Waals surface area contributed by atoms with Gasteiger partial charge in [-0.2, -0.15) is 4.31 Å². The quantitative estimate of drug-likeness (QED) is 0.420. The number of methoxy groups -OCH3 is 1. The van der Waals surface area contributed by atoms with Gasteiger partial charge in [0.2, 0.25) is 10.0 Å². The zero-order valence-corrected chi connectivity index (χ0v) is 21.1. The summed E-state index contributed by atoms with van der Waals surface area (Å²) in [4.78, 5) is 12.3. The molecule has 3 aromatic carbocycles. The van der Waals surface area contributed by atoms with Crippen LogP contribution in [0, 0.1) is 0 Å². The van der Waals surface area contributed by atoms with Crippen molar-refractivity contribution in [1.82, 2.24) is 4.31 Å². The van der Waals surface area contributed by atoms with Crippen molar-refractivity contribution in [3.63, 3.8) is 0 Å². The molecule has 1 aliphatic rings. The van der Waals surface area contributed by atoms with Crippen molar-refractivity contribution in [2.75, 3.05) is 20.2 Å². The van der Waals surface area contributed by atoms with Gasteiger partial charge in [-0.15, -0.1) is 0 Å². The van der Waals surface area contributed by atoms with Gasteiger partial charge in [0.05, 0.1) is 12.0 Å². The summed E-state index contributed by atoms with van der Waals surface area (Å²) in [5.74, 6) is 0.115. The van der Waals surface area contributed by atoms with Crippen LogP contribution in [0.5, 0.6) is 5.75 Å². The van der Waals surface area contributed by atoms with Crippen molar-refractivity contribution in [1.29, 1.82) is 0 Å². The van der Waals surface area contributed by atoms with E-state index in [1.165, 1.54) is 7.11 Å². The van der Waals surface area contributed by atoms with E-state index >= 15 is 0 Å². The molecule has 35 heavy (non-hydrogen) atoms. The molecule has 0 amide bonds. The van der Waals surface area contributed by atoms with E-state index in [-0.39, 0.29) is 5.92 Å². The third-order valence-corrected chi connectivity index (χ3v) is 8.20. The lowest BCUT2D eigenvalue weighted by Gasteiger charge is -2.32. The Kier molecular flexibility index (Phi) is 7.28. The first-order valence-electron chi connectivity index (χ1n) is 11.7. The van der Waals surface area contributed by atoms with Gasteiger partial charge in [0.1, 0.15) is 5.75 Å². The number of nitrogens with zero attached hydrogens (tertiary/aromatic N) is 1. The lowest BCUT2D eigenvalue weighted by molar-refractivity contribution is -0.156. The molecular weight excluding hydrogens is 462 g/mol. The average Bonchev–Trinajstić information content (AvgIpc) is 2.88. The molecule has 1 saturated heterocycles. The lowest BCUT2D eigenvalue weighted by Crippen LogP contribution is -2.39. The zero-order chi connectivity index (χ0) is 25.1. The summed E-state index contributed by atoms with van der Waals surface area (Å²) in [6.07, 6.45) is 1.64. The third kappa shape index (κ3) is 5.57. The average molecular weight is 494 g/mol. The Morgan fingerprint density at radius 1 is 0.943 bits per heavy atom. The predicted octanol–water partition coefficient (Wildman–Crippen LogP) is 5.25. The van der Waals surface area contributed by atoms with Gasteiger partial charge in [0, 0.05) is 13.1 Å². The second kappa shape index (κ2) is 10.2. The molecule has 0 spiro atoms. The minimum Gasteiger partial charge on any atom is -0.476 e. The Morgan fingerprint density at radius 3 is 2.40 bits per heavy atom. The summed E-state index contributed by atoms with van der Waals surface area (Å²) in [5.41, 5.74) is 1.71. The number of carbonyl (C=O) groups is 1. The standard InChI is InChI=1S/C28H31NO5S/c1-28(2,27(30)33-3)34-25-15-7-12-22(18-25)24-14-9-17-29(20-24)35(31,32)26-16-8-13-23(19-26)21-10-5-4-6-11-21/h4-8,10-13,15-16,18-19,24H,9,14,17,20H2,1-3H3. The Morgan fingerprint density at radius 2 is 1.66 bits per heavy atom. The molecule has 184 valence electrons. The molecule has 7 heteroatoms. The van der Waals surface area contributed by atoms with Crippen LogP contribution in [0.3, 0.4) is 0 Å². The molecular formula is C28H31NO5S. The van der Waals surface area contributed by atoms with Gasteiger partial charge in [-0.05, 0) is 73.6 Å².